The molecule has 2 amide bonds. The number of nitrogens with zero attached hydrogens (tertiary/aromatic N) is 3. The Morgan fingerprint density at radius 1 is 1.03 bits per heavy atom. The van der Waals surface area contributed by atoms with E-state index in [2.05, 4.69) is 5.32 Å². The molecule has 0 aliphatic carbocycles. The molecule has 0 aromatic heterocycles. The number of nitro benzene ring substituents is 1. The second-order valence-corrected chi connectivity index (χ2v) is 11.4. The van der Waals surface area contributed by atoms with E-state index in [1.807, 2.05) is 6.07 Å². The molecule has 0 aliphatic heterocycles. The number of amides is 2. The van der Waals surface area contributed by atoms with Gasteiger partial charge in [0.2, 0.25) is 21.8 Å². The maximum atomic E-state index is 13.9. The molecule has 3 rings (SSSR count). The van der Waals surface area contributed by atoms with E-state index >= 15 is 0 Å². The van der Waals surface area contributed by atoms with Crippen LogP contribution in [0.1, 0.15) is 11.1 Å². The van der Waals surface area contributed by atoms with Crippen molar-refractivity contribution in [3.63, 3.8) is 0 Å². The number of nitrogens with one attached hydrogen (secondary N) is 1. The summed E-state index contributed by atoms with van der Waals surface area (Å²) in [5.41, 5.74) is 0.845. The van der Waals surface area contributed by atoms with Gasteiger partial charge in [-0.1, -0.05) is 65.7 Å². The van der Waals surface area contributed by atoms with E-state index < -0.39 is 39.3 Å². The summed E-state index contributed by atoms with van der Waals surface area (Å²) in [4.78, 5) is 38.8. The molecule has 0 heterocycles. The Morgan fingerprint density at radius 2 is 1.72 bits per heavy atom. The van der Waals surface area contributed by atoms with E-state index in [4.69, 9.17) is 23.2 Å². The lowest BCUT2D eigenvalue weighted by Crippen LogP contribution is -2.52. The van der Waals surface area contributed by atoms with Crippen LogP contribution in [0.25, 0.3) is 0 Å². The lowest BCUT2D eigenvalue weighted by Gasteiger charge is -2.33. The van der Waals surface area contributed by atoms with Crippen LogP contribution in [0.15, 0.2) is 72.8 Å². The molecule has 0 unspecified atom stereocenters. The van der Waals surface area contributed by atoms with Crippen molar-refractivity contribution in [2.24, 2.45) is 0 Å². The fourth-order valence-electron chi connectivity index (χ4n) is 3.93. The number of hydrogen-bond acceptors (Lipinski definition) is 6. The van der Waals surface area contributed by atoms with Crippen molar-refractivity contribution in [1.29, 1.82) is 0 Å². The number of non-ortho nitro benzene ring substituents is 1. The third-order valence-electron chi connectivity index (χ3n) is 5.88. The van der Waals surface area contributed by atoms with Gasteiger partial charge < -0.3 is 10.2 Å². The highest BCUT2D eigenvalue weighted by atomic mass is 35.5. The highest BCUT2D eigenvalue weighted by Crippen LogP contribution is 2.26. The number of halogens is 2. The lowest BCUT2D eigenvalue weighted by molar-refractivity contribution is -0.384. The first-order valence-electron chi connectivity index (χ1n) is 11.6. The van der Waals surface area contributed by atoms with Crippen molar-refractivity contribution >= 4 is 56.4 Å². The summed E-state index contributed by atoms with van der Waals surface area (Å²) in [6.45, 7) is -0.847. The van der Waals surface area contributed by atoms with Gasteiger partial charge in [0.15, 0.2) is 0 Å². The Balaban J connectivity index is 2.07. The monoisotopic (exact) mass is 592 g/mol. The van der Waals surface area contributed by atoms with E-state index in [9.17, 15) is 28.1 Å². The summed E-state index contributed by atoms with van der Waals surface area (Å²) in [6.07, 6.45) is 1.02. The van der Waals surface area contributed by atoms with Gasteiger partial charge >= 0.3 is 0 Å². The molecule has 3 aromatic carbocycles. The van der Waals surface area contributed by atoms with Crippen LogP contribution in [0.4, 0.5) is 11.4 Å². The molecule has 0 spiro atoms. The topological polar surface area (TPSA) is 130 Å². The summed E-state index contributed by atoms with van der Waals surface area (Å²) in [6, 6.07) is 17.6. The molecule has 13 heteroatoms. The van der Waals surface area contributed by atoms with Gasteiger partial charge in [-0.2, -0.15) is 0 Å². The Bertz CT molecular complexity index is 1470. The van der Waals surface area contributed by atoms with Crippen LogP contribution in [0.5, 0.6) is 0 Å². The predicted octanol–water partition coefficient (Wildman–Crippen LogP) is 4.05. The maximum absolute atomic E-state index is 13.9. The number of likely N-dealkylation sites (N-methyl/N-ethyl adjacent to an activating group) is 1. The van der Waals surface area contributed by atoms with E-state index in [0.717, 1.165) is 22.2 Å². The SMILES string of the molecule is CNC(=O)[C@H](Cc1ccccc1)N(Cc1ccc(Cl)cc1Cl)C(=O)CN(c1cccc([N+](=O)[O-])c1)S(C)(=O)=O. The Morgan fingerprint density at radius 3 is 2.31 bits per heavy atom. The molecule has 206 valence electrons. The van der Waals surface area contributed by atoms with Crippen LogP contribution in [0, 0.1) is 10.1 Å². The summed E-state index contributed by atoms with van der Waals surface area (Å²) >= 11 is 12.4. The average Bonchev–Trinajstić information content (AvgIpc) is 2.89. The normalized spacial score (nSPS) is 11.9. The van der Waals surface area contributed by atoms with E-state index in [-0.39, 0.29) is 29.4 Å². The van der Waals surface area contributed by atoms with E-state index in [1.165, 1.54) is 36.2 Å². The second kappa shape index (κ2) is 12.9. The van der Waals surface area contributed by atoms with Crippen molar-refractivity contribution in [2.75, 3.05) is 24.2 Å². The molecule has 0 aliphatic rings. The minimum Gasteiger partial charge on any atom is -0.357 e. The van der Waals surface area contributed by atoms with Crippen LogP contribution in [0.2, 0.25) is 10.0 Å². The summed E-state index contributed by atoms with van der Waals surface area (Å²) in [5.74, 6) is -1.19. The zero-order valence-corrected chi connectivity index (χ0v) is 23.4. The van der Waals surface area contributed by atoms with Gasteiger partial charge in [-0.15, -0.1) is 0 Å². The number of carbonyl (C=O) groups is 2. The highest BCUT2D eigenvalue weighted by Gasteiger charge is 2.33. The molecule has 10 nitrogen and oxygen atoms in total. The standard InChI is InChI=1S/C26H26Cl2N4O6S/c1-29-26(34)24(13-18-7-4-3-5-8-18)30(16-19-11-12-20(27)14-23(19)28)25(33)17-31(39(2,37)38)21-9-6-10-22(15-21)32(35)36/h3-12,14-15,24H,13,16-17H2,1-2H3,(H,29,34)/t24-/m0/s1. The third-order valence-corrected chi connectivity index (χ3v) is 7.61. The van der Waals surface area contributed by atoms with Crippen molar-refractivity contribution < 1.29 is 22.9 Å². The molecule has 1 N–H and O–H groups in total. The first kappa shape index (κ1) is 29.9. The molecular formula is C26H26Cl2N4O6S. The molecule has 0 saturated carbocycles. The van der Waals surface area contributed by atoms with Crippen LogP contribution < -0.4 is 9.62 Å². The first-order chi connectivity index (χ1) is 18.4. The third kappa shape index (κ3) is 7.92. The van der Waals surface area contributed by atoms with Crippen LogP contribution in [-0.2, 0) is 32.6 Å². The first-order valence-corrected chi connectivity index (χ1v) is 14.2. The number of sulfonamides is 1. The Labute approximate surface area is 236 Å². The number of anilines is 1. The molecule has 39 heavy (non-hydrogen) atoms. The van der Waals surface area contributed by atoms with Crippen LogP contribution in [0.3, 0.4) is 0 Å². The van der Waals surface area contributed by atoms with Gasteiger partial charge in [0.05, 0.1) is 16.9 Å². The summed E-state index contributed by atoms with van der Waals surface area (Å²) in [7, 11) is -2.63. The van der Waals surface area contributed by atoms with Crippen molar-refractivity contribution in [1.82, 2.24) is 10.2 Å². The number of hydrogen-bond donors (Lipinski definition) is 1. The molecular weight excluding hydrogens is 567 g/mol. The quantitative estimate of drug-likeness (QED) is 0.264. The number of benzene rings is 3. The second-order valence-electron chi connectivity index (χ2n) is 8.62. The zero-order valence-electron chi connectivity index (χ0n) is 21.1. The van der Waals surface area contributed by atoms with Gasteiger partial charge in [-0.25, -0.2) is 8.42 Å². The van der Waals surface area contributed by atoms with Gasteiger partial charge in [-0.05, 0) is 29.3 Å². The fraction of sp³-hybridized carbons (Fsp3) is 0.231. The number of nitro groups is 1. The number of rotatable bonds is 11. The van der Waals surface area contributed by atoms with E-state index in [0.29, 0.717) is 10.6 Å². The van der Waals surface area contributed by atoms with Crippen molar-refractivity contribution in [2.45, 2.75) is 19.0 Å². The molecule has 3 aromatic rings. The minimum atomic E-state index is -4.07. The lowest BCUT2D eigenvalue weighted by atomic mass is 10.0. The summed E-state index contributed by atoms with van der Waals surface area (Å²) in [5, 5.41) is 14.5. The molecule has 0 radical (unpaired) electrons. The molecule has 0 bridgehead atoms. The molecule has 1 atom stereocenters. The fourth-order valence-corrected chi connectivity index (χ4v) is 5.24. The van der Waals surface area contributed by atoms with Gasteiger partial charge in [0, 0.05) is 42.2 Å². The largest absolute Gasteiger partial charge is 0.357 e. The molecule has 0 fully saturated rings. The smallest absolute Gasteiger partial charge is 0.271 e. The van der Waals surface area contributed by atoms with Crippen LogP contribution in [-0.4, -0.2) is 55.9 Å². The Kier molecular flexibility index (Phi) is 9.90. The minimum absolute atomic E-state index is 0.0657. The van der Waals surface area contributed by atoms with Crippen molar-refractivity contribution in [3.8, 4) is 0 Å². The zero-order chi connectivity index (χ0) is 28.7. The predicted molar refractivity (Wildman–Crippen MR) is 150 cm³/mol. The summed E-state index contributed by atoms with van der Waals surface area (Å²) < 4.78 is 26.3. The van der Waals surface area contributed by atoms with Gasteiger partial charge in [0.1, 0.15) is 12.6 Å². The Hall–Kier alpha value is -3.67. The number of carbonyl (C=O) groups excluding carboxylic acids is 2. The molecule has 0 saturated heterocycles. The van der Waals surface area contributed by atoms with Crippen molar-refractivity contribution in [3.05, 3.63) is 104 Å². The maximum Gasteiger partial charge on any atom is 0.271 e. The van der Waals surface area contributed by atoms with Gasteiger partial charge in [-0.3, -0.25) is 24.0 Å². The average molecular weight is 593 g/mol. The van der Waals surface area contributed by atoms with E-state index in [1.54, 1.807) is 36.4 Å². The highest BCUT2D eigenvalue weighted by molar-refractivity contribution is 7.92. The van der Waals surface area contributed by atoms with Gasteiger partial charge in [0.25, 0.3) is 5.69 Å². The van der Waals surface area contributed by atoms with Crippen LogP contribution >= 0.6 is 23.2 Å².